The van der Waals surface area contributed by atoms with Gasteiger partial charge < -0.3 is 15.4 Å². The second-order valence-electron chi connectivity index (χ2n) is 5.58. The molecule has 7 heteroatoms. The van der Waals surface area contributed by atoms with E-state index in [1.54, 1.807) is 50.2 Å². The number of anilines is 1. The minimum absolute atomic E-state index is 0.200. The summed E-state index contributed by atoms with van der Waals surface area (Å²) in [6, 6.07) is 9.95. The van der Waals surface area contributed by atoms with Crippen molar-refractivity contribution < 1.29 is 19.1 Å². The van der Waals surface area contributed by atoms with Gasteiger partial charge in [0.2, 0.25) is 0 Å². The van der Waals surface area contributed by atoms with Crippen LogP contribution in [0.25, 0.3) is 0 Å². The number of hydrogen-bond donors (Lipinski definition) is 2. The van der Waals surface area contributed by atoms with Crippen molar-refractivity contribution in [2.45, 2.75) is 19.4 Å². The first-order valence-electron chi connectivity index (χ1n) is 7.19. The molecule has 1 heterocycles. The highest BCUT2D eigenvalue weighted by molar-refractivity contribution is 7.12. The summed E-state index contributed by atoms with van der Waals surface area (Å²) in [5, 5.41) is 7.18. The predicted molar refractivity (Wildman–Crippen MR) is 92.3 cm³/mol. The molecule has 0 atom stereocenters. The molecular formula is C17H18N2O4S. The maximum atomic E-state index is 12.2. The topological polar surface area (TPSA) is 84.5 Å². The lowest BCUT2D eigenvalue weighted by Gasteiger charge is -2.23. The zero-order chi connectivity index (χ0) is 17.7. The third-order valence-electron chi connectivity index (χ3n) is 3.27. The molecule has 0 aliphatic carbocycles. The minimum atomic E-state index is -1.13. The van der Waals surface area contributed by atoms with E-state index in [1.165, 1.54) is 18.4 Å². The summed E-state index contributed by atoms with van der Waals surface area (Å²) in [6.45, 7) is 3.12. The van der Waals surface area contributed by atoms with E-state index < -0.39 is 17.4 Å². The van der Waals surface area contributed by atoms with Gasteiger partial charge in [-0.15, -0.1) is 11.3 Å². The zero-order valence-corrected chi connectivity index (χ0v) is 14.4. The van der Waals surface area contributed by atoms with Gasteiger partial charge in [-0.3, -0.25) is 9.59 Å². The maximum Gasteiger partial charge on any atom is 0.330 e. The van der Waals surface area contributed by atoms with Gasteiger partial charge in [0.1, 0.15) is 5.54 Å². The van der Waals surface area contributed by atoms with E-state index in [-0.39, 0.29) is 5.91 Å². The molecule has 0 aliphatic rings. The molecule has 0 saturated heterocycles. The van der Waals surface area contributed by atoms with Gasteiger partial charge in [-0.2, -0.15) is 0 Å². The first-order chi connectivity index (χ1) is 11.3. The Morgan fingerprint density at radius 2 is 1.71 bits per heavy atom. The Hall–Kier alpha value is -2.67. The van der Waals surface area contributed by atoms with Crippen LogP contribution in [0.3, 0.4) is 0 Å². The number of thiophene rings is 1. The number of carbonyl (C=O) groups is 3. The molecule has 2 aromatic rings. The van der Waals surface area contributed by atoms with Crippen molar-refractivity contribution in [3.8, 4) is 0 Å². The van der Waals surface area contributed by atoms with Gasteiger partial charge in [0.25, 0.3) is 11.8 Å². The molecule has 2 amide bonds. The largest absolute Gasteiger partial charge is 0.467 e. The Morgan fingerprint density at radius 1 is 1.04 bits per heavy atom. The lowest BCUT2D eigenvalue weighted by Crippen LogP contribution is -2.50. The number of benzene rings is 1. The third kappa shape index (κ3) is 4.20. The van der Waals surface area contributed by atoms with Crippen LogP contribution in [-0.2, 0) is 9.53 Å². The molecule has 0 spiro atoms. The van der Waals surface area contributed by atoms with Crippen LogP contribution in [0.1, 0.15) is 33.9 Å². The Kier molecular flexibility index (Phi) is 5.35. The lowest BCUT2D eigenvalue weighted by atomic mass is 10.0. The average Bonchev–Trinajstić information content (AvgIpc) is 3.08. The fourth-order valence-corrected chi connectivity index (χ4v) is 2.59. The van der Waals surface area contributed by atoms with Gasteiger partial charge in [-0.05, 0) is 49.6 Å². The number of rotatable bonds is 5. The van der Waals surface area contributed by atoms with E-state index in [1.807, 2.05) is 5.38 Å². The minimum Gasteiger partial charge on any atom is -0.467 e. The highest BCUT2D eigenvalue weighted by Gasteiger charge is 2.30. The number of methoxy groups -OCH3 is 1. The highest BCUT2D eigenvalue weighted by atomic mass is 32.1. The molecule has 0 radical (unpaired) electrons. The first-order valence-corrected chi connectivity index (χ1v) is 8.07. The van der Waals surface area contributed by atoms with E-state index in [2.05, 4.69) is 15.4 Å². The summed E-state index contributed by atoms with van der Waals surface area (Å²) >= 11 is 1.35. The normalized spacial score (nSPS) is 10.8. The standard InChI is InChI=1S/C17H18N2O4S/c1-17(2,16(22)23-3)19-14(20)11-6-8-12(9-7-11)18-15(21)13-5-4-10-24-13/h4-10H,1-3H3,(H,18,21)(H,19,20). The van der Waals surface area contributed by atoms with Crippen LogP contribution < -0.4 is 10.6 Å². The summed E-state index contributed by atoms with van der Waals surface area (Å²) in [4.78, 5) is 36.4. The van der Waals surface area contributed by atoms with Crippen molar-refractivity contribution in [2.24, 2.45) is 0 Å². The Labute approximate surface area is 143 Å². The molecule has 24 heavy (non-hydrogen) atoms. The van der Waals surface area contributed by atoms with Crippen molar-refractivity contribution in [1.29, 1.82) is 0 Å². The van der Waals surface area contributed by atoms with E-state index in [4.69, 9.17) is 0 Å². The molecule has 126 valence electrons. The van der Waals surface area contributed by atoms with Gasteiger partial charge in [0.15, 0.2) is 0 Å². The lowest BCUT2D eigenvalue weighted by molar-refractivity contribution is -0.146. The molecule has 0 aliphatic heterocycles. The van der Waals surface area contributed by atoms with Gasteiger partial charge in [0, 0.05) is 11.3 Å². The molecule has 1 aromatic carbocycles. The highest BCUT2D eigenvalue weighted by Crippen LogP contribution is 2.15. The molecule has 2 N–H and O–H groups in total. The second-order valence-corrected chi connectivity index (χ2v) is 6.53. The number of amides is 2. The second kappa shape index (κ2) is 7.27. The quantitative estimate of drug-likeness (QED) is 0.815. The zero-order valence-electron chi connectivity index (χ0n) is 13.6. The third-order valence-corrected chi connectivity index (χ3v) is 4.14. The Balaban J connectivity index is 2.02. The summed E-state index contributed by atoms with van der Waals surface area (Å²) in [5.74, 6) is -1.13. The molecule has 2 rings (SSSR count). The molecule has 0 bridgehead atoms. The Morgan fingerprint density at radius 3 is 2.25 bits per heavy atom. The van der Waals surface area contributed by atoms with Gasteiger partial charge in [-0.25, -0.2) is 4.79 Å². The SMILES string of the molecule is COC(=O)C(C)(C)NC(=O)c1ccc(NC(=O)c2cccs2)cc1. The fraction of sp³-hybridized carbons (Fsp3) is 0.235. The summed E-state index contributed by atoms with van der Waals surface area (Å²) < 4.78 is 4.65. The number of hydrogen-bond acceptors (Lipinski definition) is 5. The van der Waals surface area contributed by atoms with Crippen LogP contribution in [0, 0.1) is 0 Å². The molecule has 0 unspecified atom stereocenters. The van der Waals surface area contributed by atoms with Crippen LogP contribution in [-0.4, -0.2) is 30.4 Å². The Bertz CT molecular complexity index is 736. The van der Waals surface area contributed by atoms with E-state index in [0.717, 1.165) is 0 Å². The van der Waals surface area contributed by atoms with Crippen molar-refractivity contribution in [3.63, 3.8) is 0 Å². The number of carbonyl (C=O) groups excluding carboxylic acids is 3. The first kappa shape index (κ1) is 17.7. The van der Waals surface area contributed by atoms with E-state index in [9.17, 15) is 14.4 Å². The molecule has 6 nitrogen and oxygen atoms in total. The summed E-state index contributed by atoms with van der Waals surface area (Å²) in [6.07, 6.45) is 0. The molecular weight excluding hydrogens is 328 g/mol. The van der Waals surface area contributed by atoms with Crippen molar-refractivity contribution in [2.75, 3.05) is 12.4 Å². The molecule has 0 fully saturated rings. The number of ether oxygens (including phenoxy) is 1. The van der Waals surface area contributed by atoms with E-state index >= 15 is 0 Å². The van der Waals surface area contributed by atoms with Gasteiger partial charge in [0.05, 0.1) is 12.0 Å². The fourth-order valence-electron chi connectivity index (χ4n) is 1.97. The molecule has 1 aromatic heterocycles. The smallest absolute Gasteiger partial charge is 0.330 e. The summed E-state index contributed by atoms with van der Waals surface area (Å²) in [7, 11) is 1.27. The van der Waals surface area contributed by atoms with Crippen LogP contribution >= 0.6 is 11.3 Å². The maximum absolute atomic E-state index is 12.2. The predicted octanol–water partition coefficient (Wildman–Crippen LogP) is 2.68. The van der Waals surface area contributed by atoms with Crippen molar-refractivity contribution in [1.82, 2.24) is 5.32 Å². The van der Waals surface area contributed by atoms with E-state index in [0.29, 0.717) is 16.1 Å². The number of nitrogens with one attached hydrogen (secondary N) is 2. The van der Waals surface area contributed by atoms with Crippen molar-refractivity contribution in [3.05, 3.63) is 52.2 Å². The van der Waals surface area contributed by atoms with Gasteiger partial charge in [-0.1, -0.05) is 6.07 Å². The average molecular weight is 346 g/mol. The van der Waals surface area contributed by atoms with Crippen molar-refractivity contribution >= 4 is 34.8 Å². The van der Waals surface area contributed by atoms with Gasteiger partial charge >= 0.3 is 5.97 Å². The van der Waals surface area contributed by atoms with Crippen LogP contribution in [0.5, 0.6) is 0 Å². The van der Waals surface area contributed by atoms with Crippen LogP contribution in [0.4, 0.5) is 5.69 Å². The summed E-state index contributed by atoms with van der Waals surface area (Å²) in [5.41, 5.74) is -0.170. The van der Waals surface area contributed by atoms with Crippen LogP contribution in [0.15, 0.2) is 41.8 Å². The monoisotopic (exact) mass is 346 g/mol. The number of esters is 1. The van der Waals surface area contributed by atoms with Crippen LogP contribution in [0.2, 0.25) is 0 Å². The molecule has 0 saturated carbocycles.